The van der Waals surface area contributed by atoms with Crippen molar-refractivity contribution in [3.8, 4) is 0 Å². The highest BCUT2D eigenvalue weighted by Crippen LogP contribution is 2.15. The summed E-state index contributed by atoms with van der Waals surface area (Å²) in [5, 5.41) is 7.87. The van der Waals surface area contributed by atoms with Gasteiger partial charge in [0.2, 0.25) is 0 Å². The van der Waals surface area contributed by atoms with E-state index in [0.29, 0.717) is 6.54 Å². The van der Waals surface area contributed by atoms with Crippen LogP contribution in [-0.2, 0) is 13.1 Å². The molecular formula is C15H19BrFN3. The van der Waals surface area contributed by atoms with Crippen LogP contribution < -0.4 is 5.32 Å². The summed E-state index contributed by atoms with van der Waals surface area (Å²) in [6.45, 7) is 7.64. The van der Waals surface area contributed by atoms with Gasteiger partial charge in [-0.3, -0.25) is 4.68 Å². The van der Waals surface area contributed by atoms with Crippen LogP contribution in [0.25, 0.3) is 0 Å². The second kappa shape index (κ2) is 6.06. The molecule has 0 aliphatic heterocycles. The molecule has 0 aliphatic carbocycles. The lowest BCUT2D eigenvalue weighted by atomic mass is 10.1. The molecule has 0 saturated carbocycles. The number of halogens is 2. The van der Waals surface area contributed by atoms with Crippen LogP contribution in [0.5, 0.6) is 0 Å². The van der Waals surface area contributed by atoms with E-state index in [1.165, 1.54) is 12.1 Å². The highest BCUT2D eigenvalue weighted by atomic mass is 79.9. The number of nitrogens with zero attached hydrogens (tertiary/aromatic N) is 2. The Hall–Kier alpha value is -1.20. The van der Waals surface area contributed by atoms with Gasteiger partial charge in [0, 0.05) is 22.8 Å². The zero-order valence-electron chi connectivity index (χ0n) is 12.0. The van der Waals surface area contributed by atoms with Crippen LogP contribution in [-0.4, -0.2) is 15.3 Å². The van der Waals surface area contributed by atoms with Crippen LogP contribution in [0.3, 0.4) is 0 Å². The van der Waals surface area contributed by atoms with E-state index in [1.54, 1.807) is 0 Å². The van der Waals surface area contributed by atoms with Crippen molar-refractivity contribution in [1.82, 2.24) is 15.1 Å². The maximum atomic E-state index is 13.3. The van der Waals surface area contributed by atoms with Crippen LogP contribution in [0.4, 0.5) is 4.39 Å². The number of rotatable bonds is 4. The Morgan fingerprint density at radius 3 is 2.70 bits per heavy atom. The molecule has 0 amide bonds. The molecule has 108 valence electrons. The number of hydrogen-bond acceptors (Lipinski definition) is 2. The van der Waals surface area contributed by atoms with Crippen LogP contribution in [0, 0.1) is 5.82 Å². The first-order chi connectivity index (χ1) is 9.32. The van der Waals surface area contributed by atoms with Gasteiger partial charge in [-0.25, -0.2) is 4.39 Å². The summed E-state index contributed by atoms with van der Waals surface area (Å²) in [5.74, 6) is -0.240. The van der Waals surface area contributed by atoms with Crippen molar-refractivity contribution in [2.45, 2.75) is 39.4 Å². The molecular weight excluding hydrogens is 321 g/mol. The van der Waals surface area contributed by atoms with E-state index >= 15 is 0 Å². The van der Waals surface area contributed by atoms with Gasteiger partial charge in [-0.05, 0) is 50.6 Å². The molecule has 2 rings (SSSR count). The summed E-state index contributed by atoms with van der Waals surface area (Å²) in [5.41, 5.74) is 1.93. The molecule has 1 aromatic carbocycles. The molecule has 0 unspecified atom stereocenters. The van der Waals surface area contributed by atoms with E-state index in [-0.39, 0.29) is 11.4 Å². The van der Waals surface area contributed by atoms with Gasteiger partial charge < -0.3 is 5.32 Å². The summed E-state index contributed by atoms with van der Waals surface area (Å²) in [6.07, 6.45) is 1.92. The van der Waals surface area contributed by atoms with E-state index < -0.39 is 0 Å². The molecule has 3 nitrogen and oxygen atoms in total. The van der Waals surface area contributed by atoms with Crippen molar-refractivity contribution in [2.75, 3.05) is 0 Å². The predicted octanol–water partition coefficient (Wildman–Crippen LogP) is 3.72. The van der Waals surface area contributed by atoms with Crippen LogP contribution in [0.1, 0.15) is 32.0 Å². The Kier molecular flexibility index (Phi) is 4.60. The molecule has 0 radical (unpaired) electrons. The Balaban J connectivity index is 2.02. The largest absolute Gasteiger partial charge is 0.306 e. The molecule has 20 heavy (non-hydrogen) atoms. The third kappa shape index (κ3) is 4.72. The maximum absolute atomic E-state index is 13.3. The van der Waals surface area contributed by atoms with E-state index in [2.05, 4.69) is 47.1 Å². The van der Waals surface area contributed by atoms with Gasteiger partial charge >= 0.3 is 0 Å². The summed E-state index contributed by atoms with van der Waals surface area (Å²) < 4.78 is 15.9. The van der Waals surface area contributed by atoms with Gasteiger partial charge in [-0.2, -0.15) is 5.10 Å². The molecule has 1 heterocycles. The van der Waals surface area contributed by atoms with Crippen molar-refractivity contribution in [2.24, 2.45) is 0 Å². The van der Waals surface area contributed by atoms with E-state index in [1.807, 2.05) is 23.0 Å². The molecule has 0 saturated heterocycles. The van der Waals surface area contributed by atoms with Crippen LogP contribution in [0.2, 0.25) is 0 Å². The maximum Gasteiger partial charge on any atom is 0.124 e. The SMILES string of the molecule is CC(C)(C)NCc1ccn(Cc2cc(F)cc(Br)c2)n1. The highest BCUT2D eigenvalue weighted by Gasteiger charge is 2.09. The predicted molar refractivity (Wildman–Crippen MR) is 82.0 cm³/mol. The molecule has 2 aromatic rings. The third-order valence-electron chi connectivity index (χ3n) is 2.76. The van der Waals surface area contributed by atoms with E-state index in [9.17, 15) is 4.39 Å². The molecule has 0 spiro atoms. The van der Waals surface area contributed by atoms with Crippen molar-refractivity contribution < 1.29 is 4.39 Å². The summed E-state index contributed by atoms with van der Waals surface area (Å²) >= 11 is 3.30. The van der Waals surface area contributed by atoms with E-state index in [4.69, 9.17) is 0 Å². The number of nitrogens with one attached hydrogen (secondary N) is 1. The van der Waals surface area contributed by atoms with Crippen LogP contribution in [0.15, 0.2) is 34.9 Å². The minimum absolute atomic E-state index is 0.0667. The first kappa shape index (κ1) is 15.2. The van der Waals surface area contributed by atoms with Crippen molar-refractivity contribution in [3.05, 3.63) is 52.0 Å². The normalized spacial score (nSPS) is 11.8. The highest BCUT2D eigenvalue weighted by molar-refractivity contribution is 9.10. The average molecular weight is 340 g/mol. The fraction of sp³-hybridized carbons (Fsp3) is 0.400. The van der Waals surface area contributed by atoms with Crippen molar-refractivity contribution in [1.29, 1.82) is 0 Å². The fourth-order valence-corrected chi connectivity index (χ4v) is 2.34. The lowest BCUT2D eigenvalue weighted by Gasteiger charge is -2.19. The topological polar surface area (TPSA) is 29.9 Å². The summed E-state index contributed by atoms with van der Waals surface area (Å²) in [7, 11) is 0. The zero-order chi connectivity index (χ0) is 14.8. The smallest absolute Gasteiger partial charge is 0.124 e. The standard InChI is InChI=1S/C15H19BrFN3/c1-15(2,3)18-9-14-4-5-20(19-14)10-11-6-12(16)8-13(17)7-11/h4-8,18H,9-10H2,1-3H3. The number of hydrogen-bond donors (Lipinski definition) is 1. The average Bonchev–Trinajstić information content (AvgIpc) is 2.72. The Labute approximate surface area is 127 Å². The van der Waals surface area contributed by atoms with Gasteiger partial charge in [0.05, 0.1) is 12.2 Å². The Bertz CT molecular complexity index is 567. The number of aromatic nitrogens is 2. The lowest BCUT2D eigenvalue weighted by Crippen LogP contribution is -2.35. The zero-order valence-corrected chi connectivity index (χ0v) is 13.5. The lowest BCUT2D eigenvalue weighted by molar-refractivity contribution is 0.419. The van der Waals surface area contributed by atoms with Gasteiger partial charge in [0.1, 0.15) is 5.82 Å². The third-order valence-corrected chi connectivity index (χ3v) is 3.22. The minimum atomic E-state index is -0.240. The molecule has 0 bridgehead atoms. The van der Waals surface area contributed by atoms with Gasteiger partial charge in [-0.15, -0.1) is 0 Å². The monoisotopic (exact) mass is 339 g/mol. The second-order valence-corrected chi connectivity index (χ2v) is 6.80. The van der Waals surface area contributed by atoms with Gasteiger partial charge in [0.25, 0.3) is 0 Å². The van der Waals surface area contributed by atoms with Gasteiger partial charge in [-0.1, -0.05) is 15.9 Å². The first-order valence-electron chi connectivity index (χ1n) is 6.54. The molecule has 1 N–H and O–H groups in total. The molecule has 1 aromatic heterocycles. The molecule has 0 aliphatic rings. The quantitative estimate of drug-likeness (QED) is 0.919. The minimum Gasteiger partial charge on any atom is -0.306 e. The van der Waals surface area contributed by atoms with Crippen LogP contribution >= 0.6 is 15.9 Å². The fourth-order valence-electron chi connectivity index (χ4n) is 1.83. The molecule has 5 heteroatoms. The van der Waals surface area contributed by atoms with E-state index in [0.717, 1.165) is 22.3 Å². The summed E-state index contributed by atoms with van der Waals surface area (Å²) in [6, 6.07) is 6.86. The second-order valence-electron chi connectivity index (χ2n) is 5.89. The Morgan fingerprint density at radius 1 is 1.30 bits per heavy atom. The molecule has 0 atom stereocenters. The number of benzene rings is 1. The molecule has 0 fully saturated rings. The van der Waals surface area contributed by atoms with Crippen molar-refractivity contribution >= 4 is 15.9 Å². The first-order valence-corrected chi connectivity index (χ1v) is 7.33. The van der Waals surface area contributed by atoms with Crippen molar-refractivity contribution in [3.63, 3.8) is 0 Å². The summed E-state index contributed by atoms with van der Waals surface area (Å²) in [4.78, 5) is 0. The van der Waals surface area contributed by atoms with Gasteiger partial charge in [0.15, 0.2) is 0 Å². The Morgan fingerprint density at radius 2 is 2.05 bits per heavy atom.